The van der Waals surface area contributed by atoms with Gasteiger partial charge in [-0.3, -0.25) is 4.79 Å². The van der Waals surface area contributed by atoms with E-state index in [1.165, 1.54) is 5.56 Å². The highest BCUT2D eigenvalue weighted by atomic mass is 35.5. The number of halogens is 1. The van der Waals surface area contributed by atoms with Gasteiger partial charge in [0.25, 0.3) is 0 Å². The number of aromatic amines is 1. The summed E-state index contributed by atoms with van der Waals surface area (Å²) in [5.74, 6) is 0.677. The Labute approximate surface area is 173 Å². The van der Waals surface area contributed by atoms with Crippen LogP contribution in [0.25, 0.3) is 10.9 Å². The Kier molecular flexibility index (Phi) is 5.76. The molecule has 2 heterocycles. The number of aliphatic hydroxyl groups is 2. The van der Waals surface area contributed by atoms with E-state index in [1.807, 2.05) is 42.5 Å². The number of hydrogen-bond acceptors (Lipinski definition) is 4. The van der Waals surface area contributed by atoms with Crippen molar-refractivity contribution in [2.75, 3.05) is 19.8 Å². The summed E-state index contributed by atoms with van der Waals surface area (Å²) >= 11 is 6.19. The van der Waals surface area contributed by atoms with Crippen LogP contribution in [0.3, 0.4) is 0 Å². The van der Waals surface area contributed by atoms with Crippen molar-refractivity contribution in [1.82, 2.24) is 9.88 Å². The summed E-state index contributed by atoms with van der Waals surface area (Å²) in [7, 11) is 0. The van der Waals surface area contributed by atoms with Gasteiger partial charge in [0.1, 0.15) is 5.75 Å². The van der Waals surface area contributed by atoms with Crippen molar-refractivity contribution >= 4 is 28.9 Å². The molecule has 0 fully saturated rings. The summed E-state index contributed by atoms with van der Waals surface area (Å²) in [6.45, 7) is 0.680. The van der Waals surface area contributed by atoms with Gasteiger partial charge in [0.15, 0.2) is 0 Å². The number of carbonyl (C=O) groups excluding carboxylic acids is 1. The average molecular weight is 415 g/mol. The zero-order valence-corrected chi connectivity index (χ0v) is 16.6. The van der Waals surface area contributed by atoms with Gasteiger partial charge in [-0.25, -0.2) is 0 Å². The van der Waals surface area contributed by atoms with Crippen molar-refractivity contribution in [2.45, 2.75) is 25.0 Å². The maximum Gasteiger partial charge on any atom is 0.210 e. The van der Waals surface area contributed by atoms with E-state index in [4.69, 9.17) is 21.4 Å². The number of H-pyrrole nitrogens is 1. The Balaban J connectivity index is 1.61. The predicted octanol–water partition coefficient (Wildman–Crippen LogP) is 3.05. The number of carbonyl (C=O) groups is 1. The molecule has 2 unspecified atom stereocenters. The van der Waals surface area contributed by atoms with Crippen LogP contribution in [0.2, 0.25) is 5.02 Å². The predicted molar refractivity (Wildman–Crippen MR) is 111 cm³/mol. The van der Waals surface area contributed by atoms with E-state index >= 15 is 0 Å². The molecule has 2 aromatic carbocycles. The van der Waals surface area contributed by atoms with Gasteiger partial charge in [0.05, 0.1) is 25.4 Å². The monoisotopic (exact) mass is 414 g/mol. The normalized spacial score (nSPS) is 17.2. The Morgan fingerprint density at radius 2 is 2.07 bits per heavy atom. The maximum atomic E-state index is 11.7. The Hall–Kier alpha value is -2.54. The van der Waals surface area contributed by atoms with Crippen LogP contribution in [0.5, 0.6) is 5.75 Å². The second kappa shape index (κ2) is 8.45. The fraction of sp³-hybridized carbons (Fsp3) is 0.318. The quantitative estimate of drug-likeness (QED) is 0.519. The largest absolute Gasteiger partial charge is 0.493 e. The molecule has 1 aromatic heterocycles. The summed E-state index contributed by atoms with van der Waals surface area (Å²) in [6.07, 6.45) is 1.26. The molecule has 3 aromatic rings. The van der Waals surface area contributed by atoms with Crippen molar-refractivity contribution in [1.29, 1.82) is 0 Å². The summed E-state index contributed by atoms with van der Waals surface area (Å²) in [4.78, 5) is 17.0. The van der Waals surface area contributed by atoms with E-state index < -0.39 is 6.10 Å². The number of nitrogens with zero attached hydrogens (tertiary/aromatic N) is 1. The Morgan fingerprint density at radius 1 is 1.28 bits per heavy atom. The fourth-order valence-electron chi connectivity index (χ4n) is 3.90. The van der Waals surface area contributed by atoms with Crippen LogP contribution in [0.4, 0.5) is 0 Å². The molecular formula is C22H23ClN2O4. The molecule has 0 saturated heterocycles. The fourth-order valence-corrected chi connectivity index (χ4v) is 4.07. The van der Waals surface area contributed by atoms with Crippen molar-refractivity contribution in [3.05, 3.63) is 64.3 Å². The Morgan fingerprint density at radius 3 is 2.79 bits per heavy atom. The molecular weight excluding hydrogens is 392 g/mol. The van der Waals surface area contributed by atoms with Gasteiger partial charge in [0.2, 0.25) is 6.41 Å². The van der Waals surface area contributed by atoms with Gasteiger partial charge < -0.3 is 24.8 Å². The third-order valence-corrected chi connectivity index (χ3v) is 5.62. The van der Waals surface area contributed by atoms with Crippen molar-refractivity contribution in [3.8, 4) is 5.75 Å². The minimum absolute atomic E-state index is 0.201. The van der Waals surface area contributed by atoms with Gasteiger partial charge in [0, 0.05) is 34.6 Å². The summed E-state index contributed by atoms with van der Waals surface area (Å²) in [6, 6.07) is 13.2. The van der Waals surface area contributed by atoms with Crippen LogP contribution in [-0.2, 0) is 11.2 Å². The van der Waals surface area contributed by atoms with Crippen molar-refractivity contribution in [2.24, 2.45) is 0 Å². The zero-order valence-electron chi connectivity index (χ0n) is 15.8. The second-order valence-corrected chi connectivity index (χ2v) is 7.68. The molecule has 29 heavy (non-hydrogen) atoms. The molecule has 0 radical (unpaired) electrons. The first-order valence-corrected chi connectivity index (χ1v) is 10.0. The first-order valence-electron chi connectivity index (χ1n) is 9.63. The number of rotatable bonds is 7. The molecule has 2 atom stereocenters. The van der Waals surface area contributed by atoms with Gasteiger partial charge in [-0.2, -0.15) is 0 Å². The van der Waals surface area contributed by atoms with Gasteiger partial charge in [-0.1, -0.05) is 23.7 Å². The highest BCUT2D eigenvalue weighted by Crippen LogP contribution is 2.38. The number of ether oxygens (including phenoxy) is 1. The summed E-state index contributed by atoms with van der Waals surface area (Å²) < 4.78 is 5.63. The molecule has 0 saturated carbocycles. The molecule has 1 aliphatic heterocycles. The van der Waals surface area contributed by atoms with Crippen LogP contribution in [0, 0.1) is 0 Å². The standard InChI is InChI=1S/C22H23ClN2O4/c23-15-3-6-20-19(11-15)18-7-9-25(13-27)22(21(18)24-20)14-1-4-17(5-2-14)29-10-8-16(28)12-26/h1-6,11,13,16,22,24,26,28H,7-10,12H2. The van der Waals surface area contributed by atoms with E-state index in [1.54, 1.807) is 4.90 Å². The van der Waals surface area contributed by atoms with Crippen LogP contribution >= 0.6 is 11.6 Å². The van der Waals surface area contributed by atoms with Gasteiger partial charge in [-0.05, 0) is 47.9 Å². The van der Waals surface area contributed by atoms with E-state index in [0.29, 0.717) is 30.3 Å². The highest BCUT2D eigenvalue weighted by molar-refractivity contribution is 6.31. The SMILES string of the molecule is O=CN1CCc2c([nH]c3ccc(Cl)cc23)C1c1ccc(OCCC(O)CO)cc1. The molecule has 1 amide bonds. The zero-order chi connectivity index (χ0) is 20.4. The lowest BCUT2D eigenvalue weighted by molar-refractivity contribution is -0.120. The minimum Gasteiger partial charge on any atom is -0.493 e. The molecule has 7 heteroatoms. The molecule has 152 valence electrons. The lowest BCUT2D eigenvalue weighted by atomic mass is 9.93. The number of aliphatic hydroxyl groups excluding tert-OH is 2. The smallest absolute Gasteiger partial charge is 0.210 e. The third kappa shape index (κ3) is 3.96. The van der Waals surface area contributed by atoms with Crippen molar-refractivity contribution in [3.63, 3.8) is 0 Å². The number of benzene rings is 2. The molecule has 0 spiro atoms. The number of fused-ring (bicyclic) bond motifs is 3. The van der Waals surface area contributed by atoms with Gasteiger partial charge >= 0.3 is 0 Å². The topological polar surface area (TPSA) is 85.8 Å². The molecule has 6 nitrogen and oxygen atoms in total. The first kappa shape index (κ1) is 19.8. The van der Waals surface area contributed by atoms with Gasteiger partial charge in [-0.15, -0.1) is 0 Å². The lowest BCUT2D eigenvalue weighted by Crippen LogP contribution is -2.34. The minimum atomic E-state index is -0.772. The number of amides is 1. The van der Waals surface area contributed by atoms with E-state index in [2.05, 4.69) is 4.98 Å². The van der Waals surface area contributed by atoms with Crippen LogP contribution in [-0.4, -0.2) is 52.4 Å². The van der Waals surface area contributed by atoms with E-state index in [9.17, 15) is 9.90 Å². The lowest BCUT2D eigenvalue weighted by Gasteiger charge is -2.33. The molecule has 4 rings (SSSR count). The number of nitrogens with one attached hydrogen (secondary N) is 1. The second-order valence-electron chi connectivity index (χ2n) is 7.25. The van der Waals surface area contributed by atoms with Crippen LogP contribution in [0.15, 0.2) is 42.5 Å². The molecule has 0 bridgehead atoms. The van der Waals surface area contributed by atoms with Crippen LogP contribution < -0.4 is 4.74 Å². The maximum absolute atomic E-state index is 11.7. The number of aromatic nitrogens is 1. The summed E-state index contributed by atoms with van der Waals surface area (Å²) in [5, 5.41) is 20.1. The van der Waals surface area contributed by atoms with E-state index in [0.717, 1.165) is 35.0 Å². The number of hydrogen-bond donors (Lipinski definition) is 3. The Bertz CT molecular complexity index is 1000. The molecule has 3 N–H and O–H groups in total. The average Bonchev–Trinajstić information content (AvgIpc) is 3.11. The van der Waals surface area contributed by atoms with E-state index in [-0.39, 0.29) is 12.6 Å². The third-order valence-electron chi connectivity index (χ3n) is 5.39. The van der Waals surface area contributed by atoms with Crippen LogP contribution in [0.1, 0.15) is 29.3 Å². The first-order chi connectivity index (χ1) is 14.1. The highest BCUT2D eigenvalue weighted by Gasteiger charge is 2.31. The molecule has 0 aliphatic carbocycles. The van der Waals surface area contributed by atoms with Crippen molar-refractivity contribution < 1.29 is 19.7 Å². The summed E-state index contributed by atoms with van der Waals surface area (Å²) in [5.41, 5.74) is 4.21. The molecule has 1 aliphatic rings.